The first-order valence-electron chi connectivity index (χ1n) is 7.92. The Hall–Kier alpha value is -2.20. The monoisotopic (exact) mass is 387 g/mol. The second-order valence-electron chi connectivity index (χ2n) is 7.05. The van der Waals surface area contributed by atoms with E-state index < -0.39 is 20.2 Å². The Balaban J connectivity index is 2.13. The molecule has 10 heteroatoms. The first-order valence-corrected chi connectivity index (χ1v) is 11.6. The molecule has 0 radical (unpaired) electrons. The number of ether oxygens (including phenoxy) is 1. The molecule has 0 unspecified atom stereocenters. The van der Waals surface area contributed by atoms with Gasteiger partial charge in [0.05, 0.1) is 10.9 Å². The van der Waals surface area contributed by atoms with Crippen LogP contribution in [0.5, 0.6) is 0 Å². The molecule has 6 nitrogen and oxygen atoms in total. The van der Waals surface area contributed by atoms with Crippen molar-refractivity contribution < 1.29 is 22.7 Å². The van der Waals surface area contributed by atoms with Gasteiger partial charge >= 0.3 is 12.1 Å². The number of rotatable bonds is 6. The lowest BCUT2D eigenvalue weighted by Crippen LogP contribution is -2.30. The van der Waals surface area contributed by atoms with Crippen LogP contribution >= 0.6 is 0 Å². The molecule has 0 aliphatic heterocycles. The molecule has 142 valence electrons. The molecule has 1 amide bonds. The Labute approximate surface area is 149 Å². The third-order valence-corrected chi connectivity index (χ3v) is 5.27. The average Bonchev–Trinajstić information content (AvgIpc) is 2.51. The van der Waals surface area contributed by atoms with E-state index in [0.29, 0.717) is 6.61 Å². The van der Waals surface area contributed by atoms with Gasteiger partial charge in [0, 0.05) is 20.4 Å². The molecule has 1 aromatic carbocycles. The number of amides is 1. The van der Waals surface area contributed by atoms with Crippen LogP contribution in [0.4, 0.5) is 18.9 Å². The van der Waals surface area contributed by atoms with Crippen molar-refractivity contribution in [2.24, 2.45) is 0 Å². The summed E-state index contributed by atoms with van der Waals surface area (Å²) in [6.07, 6.45) is -3.71. The lowest BCUT2D eigenvalue weighted by atomic mass is 10.2. The number of anilines is 1. The van der Waals surface area contributed by atoms with Crippen molar-refractivity contribution in [3.8, 4) is 0 Å². The normalized spacial score (nSPS) is 12.4. The number of fused-ring (bicyclic) bond motifs is 1. The van der Waals surface area contributed by atoms with Gasteiger partial charge in [-0.25, -0.2) is 4.98 Å². The highest BCUT2D eigenvalue weighted by atomic mass is 28.3. The van der Waals surface area contributed by atoms with Crippen LogP contribution in [0, 0.1) is 0 Å². The molecule has 0 atom stereocenters. The molecule has 2 rings (SSSR count). The van der Waals surface area contributed by atoms with E-state index in [4.69, 9.17) is 4.74 Å². The Morgan fingerprint density at radius 1 is 1.31 bits per heavy atom. The van der Waals surface area contributed by atoms with Crippen LogP contribution in [-0.2, 0) is 16.3 Å². The molecular formula is C16H20F3N3O3Si. The molecule has 0 saturated carbocycles. The van der Waals surface area contributed by atoms with Crippen molar-refractivity contribution >= 4 is 30.6 Å². The molecule has 0 fully saturated rings. The lowest BCUT2D eigenvalue weighted by Gasteiger charge is -2.15. The summed E-state index contributed by atoms with van der Waals surface area (Å²) in [6, 6.07) is 4.74. The first-order chi connectivity index (χ1) is 12.0. The lowest BCUT2D eigenvalue weighted by molar-refractivity contribution is -0.167. The van der Waals surface area contributed by atoms with E-state index in [1.165, 1.54) is 29.1 Å². The van der Waals surface area contributed by atoms with Crippen molar-refractivity contribution in [3.05, 3.63) is 34.9 Å². The van der Waals surface area contributed by atoms with Crippen LogP contribution in [0.25, 0.3) is 10.9 Å². The Morgan fingerprint density at radius 2 is 2.00 bits per heavy atom. The van der Waals surface area contributed by atoms with Gasteiger partial charge in [-0.2, -0.15) is 13.2 Å². The Kier molecular flexibility index (Phi) is 5.86. The maximum absolute atomic E-state index is 12.4. The topological polar surface area (TPSA) is 73.2 Å². The molecule has 1 aromatic heterocycles. The summed E-state index contributed by atoms with van der Waals surface area (Å²) in [6.45, 7) is 7.25. The van der Waals surface area contributed by atoms with Crippen LogP contribution in [0.15, 0.2) is 29.3 Å². The number of carbonyl (C=O) groups excluding carboxylic acids is 1. The second-order valence-corrected chi connectivity index (χ2v) is 12.7. The van der Waals surface area contributed by atoms with E-state index in [9.17, 15) is 22.8 Å². The molecule has 0 saturated heterocycles. The molecule has 0 spiro atoms. The van der Waals surface area contributed by atoms with Gasteiger partial charge < -0.3 is 10.1 Å². The molecule has 1 N–H and O–H groups in total. The fourth-order valence-electron chi connectivity index (χ4n) is 2.07. The zero-order valence-electron chi connectivity index (χ0n) is 14.7. The number of aromatic nitrogens is 2. The van der Waals surface area contributed by atoms with Crippen molar-refractivity contribution in [3.63, 3.8) is 0 Å². The summed E-state index contributed by atoms with van der Waals surface area (Å²) in [5, 5.41) is 1.96. The summed E-state index contributed by atoms with van der Waals surface area (Å²) in [4.78, 5) is 27.4. The van der Waals surface area contributed by atoms with Gasteiger partial charge in [0.2, 0.25) is 0 Å². The molecule has 26 heavy (non-hydrogen) atoms. The quantitative estimate of drug-likeness (QED) is 0.610. The molecule has 0 bridgehead atoms. The van der Waals surface area contributed by atoms with E-state index in [-0.39, 0.29) is 28.9 Å². The van der Waals surface area contributed by atoms with Crippen LogP contribution < -0.4 is 10.9 Å². The van der Waals surface area contributed by atoms with Gasteiger partial charge in [0.1, 0.15) is 13.1 Å². The molecule has 1 heterocycles. The number of alkyl halides is 3. The highest BCUT2D eigenvalue weighted by Crippen LogP contribution is 2.20. The third kappa shape index (κ3) is 5.40. The number of hydrogen-bond donors (Lipinski definition) is 1. The molecular weight excluding hydrogens is 367 g/mol. The van der Waals surface area contributed by atoms with Gasteiger partial charge in [0.25, 0.3) is 5.56 Å². The summed E-state index contributed by atoms with van der Waals surface area (Å²) in [5.74, 6) is -2.08. The number of carbonyl (C=O) groups is 1. The number of halogens is 3. The average molecular weight is 387 g/mol. The predicted molar refractivity (Wildman–Crippen MR) is 94.8 cm³/mol. The van der Waals surface area contributed by atoms with Crippen molar-refractivity contribution in [1.82, 2.24) is 9.55 Å². The number of hydrogen-bond acceptors (Lipinski definition) is 4. The Morgan fingerprint density at radius 3 is 2.62 bits per heavy atom. The van der Waals surface area contributed by atoms with Crippen molar-refractivity contribution in [1.29, 1.82) is 0 Å². The van der Waals surface area contributed by atoms with E-state index in [2.05, 4.69) is 24.6 Å². The third-order valence-electron chi connectivity index (χ3n) is 3.57. The fraction of sp³-hybridized carbons (Fsp3) is 0.438. The molecule has 0 aliphatic rings. The van der Waals surface area contributed by atoms with E-state index in [1.807, 2.05) is 0 Å². The van der Waals surface area contributed by atoms with E-state index in [0.717, 1.165) is 6.04 Å². The van der Waals surface area contributed by atoms with Gasteiger partial charge in [0.15, 0.2) is 0 Å². The smallest absolute Gasteiger partial charge is 0.361 e. The zero-order valence-corrected chi connectivity index (χ0v) is 15.7. The van der Waals surface area contributed by atoms with Gasteiger partial charge in [-0.05, 0) is 24.2 Å². The maximum Gasteiger partial charge on any atom is 0.471 e. The minimum Gasteiger partial charge on any atom is -0.361 e. The number of nitrogens with zero attached hydrogens (tertiary/aromatic N) is 2. The molecule has 2 aromatic rings. The largest absolute Gasteiger partial charge is 0.471 e. The number of benzene rings is 1. The minimum absolute atomic E-state index is 0.0544. The summed E-state index contributed by atoms with van der Waals surface area (Å²) >= 11 is 0. The minimum atomic E-state index is -4.99. The number of nitrogens with one attached hydrogen (secondary N) is 1. The predicted octanol–water partition coefficient (Wildman–Crippen LogP) is 3.21. The SMILES string of the molecule is C[Si](C)(C)CCOCn1cnc2cc(NC(=O)C(F)(F)F)ccc2c1=O. The van der Waals surface area contributed by atoms with E-state index >= 15 is 0 Å². The summed E-state index contributed by atoms with van der Waals surface area (Å²) < 4.78 is 43.7. The van der Waals surface area contributed by atoms with Gasteiger partial charge in [-0.15, -0.1) is 0 Å². The van der Waals surface area contributed by atoms with Crippen LogP contribution in [0.3, 0.4) is 0 Å². The van der Waals surface area contributed by atoms with Crippen LogP contribution in [0.1, 0.15) is 0 Å². The molecule has 0 aliphatic carbocycles. The van der Waals surface area contributed by atoms with Gasteiger partial charge in [-0.1, -0.05) is 19.6 Å². The van der Waals surface area contributed by atoms with Crippen LogP contribution in [-0.4, -0.2) is 36.3 Å². The highest BCUT2D eigenvalue weighted by molar-refractivity contribution is 6.76. The Bertz CT molecular complexity index is 860. The standard InChI is InChI=1S/C16H20F3N3O3Si/c1-26(2,3)7-6-25-10-22-9-20-13-8-11(4-5-12(13)14(22)23)21-15(24)16(17,18)19/h4-5,8-9H,6-7,10H2,1-3H3,(H,21,24). The summed E-state index contributed by atoms with van der Waals surface area (Å²) in [5.41, 5.74) is -0.263. The highest BCUT2D eigenvalue weighted by Gasteiger charge is 2.38. The summed E-state index contributed by atoms with van der Waals surface area (Å²) in [7, 11) is -1.23. The fourth-order valence-corrected chi connectivity index (χ4v) is 2.83. The van der Waals surface area contributed by atoms with E-state index in [1.54, 1.807) is 5.32 Å². The zero-order chi connectivity index (χ0) is 19.5. The first kappa shape index (κ1) is 20.1. The van der Waals surface area contributed by atoms with Crippen molar-refractivity contribution in [2.45, 2.75) is 38.6 Å². The van der Waals surface area contributed by atoms with Gasteiger partial charge in [-0.3, -0.25) is 14.2 Å². The second kappa shape index (κ2) is 7.58. The maximum atomic E-state index is 12.4. The van der Waals surface area contributed by atoms with Crippen molar-refractivity contribution in [2.75, 3.05) is 11.9 Å². The van der Waals surface area contributed by atoms with Crippen LogP contribution in [0.2, 0.25) is 25.7 Å².